The third kappa shape index (κ3) is 7.18. The minimum Gasteiger partial charge on any atom is -0.491 e. The molecule has 24 heavy (non-hydrogen) atoms. The molecule has 2 atom stereocenters. The van der Waals surface area contributed by atoms with Gasteiger partial charge >= 0.3 is 0 Å². The van der Waals surface area contributed by atoms with Gasteiger partial charge in [0.2, 0.25) is 0 Å². The Morgan fingerprint density at radius 1 is 1.21 bits per heavy atom. The fraction of sp³-hybridized carbons (Fsp3) is 0.684. The first-order chi connectivity index (χ1) is 11.1. The molecule has 5 heteroatoms. The average Bonchev–Trinajstić information content (AvgIpc) is 2.54. The Kier molecular flexibility index (Phi) is 10.1. The van der Waals surface area contributed by atoms with Crippen LogP contribution in [0, 0.1) is 5.92 Å². The number of para-hydroxylation sites is 1. The molecule has 1 aromatic rings. The van der Waals surface area contributed by atoms with Gasteiger partial charge in [0.05, 0.1) is 0 Å². The lowest BCUT2D eigenvalue weighted by atomic mass is 9.85. The summed E-state index contributed by atoms with van der Waals surface area (Å²) in [7, 11) is 3.89. The SMILES string of the molecule is CN(C)CC(O)COc1ccccc1CC(Cl)C1CCCCC1.Cl. The molecular formula is C19H31Cl2NO2. The molecule has 2 rings (SSSR count). The summed E-state index contributed by atoms with van der Waals surface area (Å²) in [4.78, 5) is 1.96. The summed E-state index contributed by atoms with van der Waals surface area (Å²) < 4.78 is 5.85. The fourth-order valence-corrected chi connectivity index (χ4v) is 3.76. The van der Waals surface area contributed by atoms with Crippen LogP contribution in [0.2, 0.25) is 0 Å². The Balaban J connectivity index is 0.00000288. The van der Waals surface area contributed by atoms with Gasteiger partial charge in [-0.1, -0.05) is 37.5 Å². The van der Waals surface area contributed by atoms with E-state index in [0.717, 1.165) is 17.7 Å². The van der Waals surface area contributed by atoms with Crippen molar-refractivity contribution in [1.29, 1.82) is 0 Å². The van der Waals surface area contributed by atoms with Gasteiger partial charge in [-0.25, -0.2) is 0 Å². The molecule has 138 valence electrons. The standard InChI is InChI=1S/C19H30ClNO2.ClH/c1-21(2)13-17(22)14-23-19-11-7-6-10-16(19)12-18(20)15-8-4-3-5-9-15;/h6-7,10-11,15,17-18,22H,3-5,8-9,12-14H2,1-2H3;1H. The lowest BCUT2D eigenvalue weighted by molar-refractivity contribution is 0.0826. The van der Waals surface area contributed by atoms with Gasteiger partial charge in [-0.3, -0.25) is 0 Å². The molecule has 1 aliphatic rings. The number of aliphatic hydroxyl groups excluding tert-OH is 1. The van der Waals surface area contributed by atoms with Crippen LogP contribution in [-0.2, 0) is 6.42 Å². The number of rotatable bonds is 8. The summed E-state index contributed by atoms with van der Waals surface area (Å²) in [5.74, 6) is 1.48. The first-order valence-electron chi connectivity index (χ1n) is 8.74. The molecule has 2 unspecified atom stereocenters. The Labute approximate surface area is 157 Å². The molecule has 1 aliphatic carbocycles. The van der Waals surface area contributed by atoms with Crippen molar-refractivity contribution in [3.63, 3.8) is 0 Å². The predicted molar refractivity (Wildman–Crippen MR) is 104 cm³/mol. The monoisotopic (exact) mass is 375 g/mol. The van der Waals surface area contributed by atoms with E-state index in [9.17, 15) is 5.11 Å². The maximum absolute atomic E-state index is 9.96. The minimum absolute atomic E-state index is 0. The van der Waals surface area contributed by atoms with Crippen molar-refractivity contribution < 1.29 is 9.84 Å². The Morgan fingerprint density at radius 2 is 1.88 bits per heavy atom. The summed E-state index contributed by atoms with van der Waals surface area (Å²) in [6, 6.07) is 8.07. The average molecular weight is 376 g/mol. The van der Waals surface area contributed by atoms with Gasteiger partial charge in [-0.15, -0.1) is 24.0 Å². The molecule has 0 amide bonds. The topological polar surface area (TPSA) is 32.7 Å². The van der Waals surface area contributed by atoms with Crippen molar-refractivity contribution in [2.45, 2.75) is 50.0 Å². The molecule has 0 radical (unpaired) electrons. The predicted octanol–water partition coefficient (Wildman–Crippen LogP) is 4.14. The van der Waals surface area contributed by atoms with E-state index in [1.54, 1.807) is 0 Å². The smallest absolute Gasteiger partial charge is 0.122 e. The van der Waals surface area contributed by atoms with E-state index >= 15 is 0 Å². The Hall–Kier alpha value is -0.480. The maximum Gasteiger partial charge on any atom is 0.122 e. The zero-order valence-electron chi connectivity index (χ0n) is 14.8. The van der Waals surface area contributed by atoms with Gasteiger partial charge < -0.3 is 14.7 Å². The highest BCUT2D eigenvalue weighted by Gasteiger charge is 2.23. The highest BCUT2D eigenvalue weighted by molar-refractivity contribution is 6.20. The zero-order chi connectivity index (χ0) is 16.7. The normalized spacial score (nSPS) is 18.0. The number of nitrogens with zero attached hydrogens (tertiary/aromatic N) is 1. The van der Waals surface area contributed by atoms with Gasteiger partial charge in [0, 0.05) is 11.9 Å². The molecule has 0 aliphatic heterocycles. The number of benzene rings is 1. The van der Waals surface area contributed by atoms with Gasteiger partial charge in [-0.2, -0.15) is 0 Å². The molecule has 3 nitrogen and oxygen atoms in total. The van der Waals surface area contributed by atoms with Gasteiger partial charge in [0.25, 0.3) is 0 Å². The molecule has 0 bridgehead atoms. The van der Waals surface area contributed by atoms with Gasteiger partial charge in [-0.05, 0) is 50.9 Å². The molecule has 1 aromatic carbocycles. The molecule has 1 N–H and O–H groups in total. The number of alkyl halides is 1. The van der Waals surface area contributed by atoms with Crippen LogP contribution >= 0.6 is 24.0 Å². The third-order valence-electron chi connectivity index (χ3n) is 4.56. The zero-order valence-corrected chi connectivity index (χ0v) is 16.4. The quantitative estimate of drug-likeness (QED) is 0.693. The van der Waals surface area contributed by atoms with E-state index in [0.29, 0.717) is 19.1 Å². The lowest BCUT2D eigenvalue weighted by Crippen LogP contribution is -2.30. The van der Waals surface area contributed by atoms with Crippen molar-refractivity contribution in [3.05, 3.63) is 29.8 Å². The second kappa shape index (κ2) is 11.2. The van der Waals surface area contributed by atoms with E-state index in [1.807, 2.05) is 37.2 Å². The van der Waals surface area contributed by atoms with Crippen LogP contribution in [0.15, 0.2) is 24.3 Å². The molecule has 1 saturated carbocycles. The number of halogens is 2. The van der Waals surface area contributed by atoms with E-state index in [4.69, 9.17) is 16.3 Å². The summed E-state index contributed by atoms with van der Waals surface area (Å²) in [6.07, 6.45) is 6.82. The summed E-state index contributed by atoms with van der Waals surface area (Å²) in [6.45, 7) is 0.911. The van der Waals surface area contributed by atoms with Crippen molar-refractivity contribution in [1.82, 2.24) is 4.90 Å². The highest BCUT2D eigenvalue weighted by Crippen LogP contribution is 2.32. The van der Waals surface area contributed by atoms with Crippen LogP contribution < -0.4 is 4.74 Å². The largest absolute Gasteiger partial charge is 0.491 e. The Bertz CT molecular complexity index is 464. The van der Waals surface area contributed by atoms with Crippen molar-refractivity contribution in [2.75, 3.05) is 27.2 Å². The number of ether oxygens (including phenoxy) is 1. The van der Waals surface area contributed by atoms with E-state index in [2.05, 4.69) is 6.07 Å². The molecule has 0 spiro atoms. The number of aliphatic hydroxyl groups is 1. The van der Waals surface area contributed by atoms with Gasteiger partial charge in [0.15, 0.2) is 0 Å². The van der Waals surface area contributed by atoms with Crippen molar-refractivity contribution in [2.24, 2.45) is 5.92 Å². The maximum atomic E-state index is 9.96. The van der Waals surface area contributed by atoms with Crippen molar-refractivity contribution >= 4 is 24.0 Å². The second-order valence-electron chi connectivity index (χ2n) is 6.95. The summed E-state index contributed by atoms with van der Waals surface area (Å²) in [5.41, 5.74) is 1.15. The molecule has 0 heterocycles. The van der Waals surface area contributed by atoms with Gasteiger partial charge in [0.1, 0.15) is 18.5 Å². The van der Waals surface area contributed by atoms with E-state index in [1.165, 1.54) is 32.1 Å². The van der Waals surface area contributed by atoms with Crippen LogP contribution in [0.25, 0.3) is 0 Å². The summed E-state index contributed by atoms with van der Waals surface area (Å²) in [5, 5.41) is 10.1. The van der Waals surface area contributed by atoms with Crippen LogP contribution in [0.1, 0.15) is 37.7 Å². The van der Waals surface area contributed by atoms with E-state index < -0.39 is 6.10 Å². The number of hydrogen-bond acceptors (Lipinski definition) is 3. The lowest BCUT2D eigenvalue weighted by Gasteiger charge is -2.26. The second-order valence-corrected chi connectivity index (χ2v) is 7.51. The molecule has 1 fully saturated rings. The molecule has 0 aromatic heterocycles. The van der Waals surface area contributed by atoms with Crippen LogP contribution in [0.3, 0.4) is 0 Å². The fourth-order valence-electron chi connectivity index (χ4n) is 3.35. The molecule has 0 saturated heterocycles. The van der Waals surface area contributed by atoms with Crippen LogP contribution in [0.5, 0.6) is 5.75 Å². The summed E-state index contributed by atoms with van der Waals surface area (Å²) >= 11 is 6.69. The number of likely N-dealkylation sites (N-methyl/N-ethyl adjacent to an activating group) is 1. The minimum atomic E-state index is -0.483. The third-order valence-corrected chi connectivity index (χ3v) is 5.07. The highest BCUT2D eigenvalue weighted by atomic mass is 35.5. The van der Waals surface area contributed by atoms with Crippen molar-refractivity contribution in [3.8, 4) is 5.75 Å². The first-order valence-corrected chi connectivity index (χ1v) is 9.17. The number of hydrogen-bond donors (Lipinski definition) is 1. The van der Waals surface area contributed by atoms with Crippen LogP contribution in [-0.4, -0.2) is 48.7 Å². The Morgan fingerprint density at radius 3 is 2.54 bits per heavy atom. The molecular weight excluding hydrogens is 345 g/mol. The van der Waals surface area contributed by atoms with Crippen LogP contribution in [0.4, 0.5) is 0 Å². The first kappa shape index (κ1) is 21.6. The van der Waals surface area contributed by atoms with E-state index in [-0.39, 0.29) is 17.8 Å².